The lowest BCUT2D eigenvalue weighted by atomic mass is 10.0. The van der Waals surface area contributed by atoms with Gasteiger partial charge < -0.3 is 44.4 Å². The first-order chi connectivity index (χ1) is 26.9. The van der Waals surface area contributed by atoms with E-state index in [0.717, 1.165) is 28.9 Å². The third-order valence-electron chi connectivity index (χ3n) is 10.6. The molecular formula is C42H54N6O8. The van der Waals surface area contributed by atoms with Gasteiger partial charge in [0.2, 0.25) is 6.41 Å². The fraction of sp³-hybridized carbons (Fsp3) is 0.452. The van der Waals surface area contributed by atoms with Crippen LogP contribution in [0.15, 0.2) is 60.7 Å². The number of rotatable bonds is 14. The molecule has 300 valence electrons. The molecule has 14 heteroatoms. The average Bonchev–Trinajstić information content (AvgIpc) is 3.21. The molecule has 0 spiro atoms. The number of likely N-dealkylation sites (N-methyl/N-ethyl adjacent to an activating group) is 1. The van der Waals surface area contributed by atoms with Gasteiger partial charge in [0, 0.05) is 90.8 Å². The number of para-hydroxylation sites is 1. The highest BCUT2D eigenvalue weighted by Crippen LogP contribution is 2.26. The van der Waals surface area contributed by atoms with Crippen LogP contribution in [0.5, 0.6) is 5.75 Å². The van der Waals surface area contributed by atoms with Crippen LogP contribution < -0.4 is 10.2 Å². The summed E-state index contributed by atoms with van der Waals surface area (Å²) in [6.45, 7) is 6.42. The normalized spacial score (nSPS) is 15.1. The Morgan fingerprint density at radius 1 is 0.911 bits per heavy atom. The minimum Gasteiger partial charge on any atom is -0.507 e. The van der Waals surface area contributed by atoms with Crippen molar-refractivity contribution in [2.75, 3.05) is 83.8 Å². The molecule has 0 aromatic heterocycles. The van der Waals surface area contributed by atoms with Crippen LogP contribution in [-0.4, -0.2) is 141 Å². The molecule has 0 saturated carbocycles. The number of carbonyl (C=O) groups is 5. The van der Waals surface area contributed by atoms with Gasteiger partial charge in [0.15, 0.2) is 12.7 Å². The number of nitrogens with zero attached hydrogens (tertiary/aromatic N) is 5. The van der Waals surface area contributed by atoms with E-state index in [4.69, 9.17) is 9.47 Å². The van der Waals surface area contributed by atoms with Crippen molar-refractivity contribution < 1.29 is 38.6 Å². The van der Waals surface area contributed by atoms with E-state index in [1.807, 2.05) is 60.5 Å². The van der Waals surface area contributed by atoms with Crippen molar-refractivity contribution in [1.29, 1.82) is 0 Å². The zero-order chi connectivity index (χ0) is 40.4. The number of esters is 1. The van der Waals surface area contributed by atoms with E-state index in [-0.39, 0.29) is 36.6 Å². The summed E-state index contributed by atoms with van der Waals surface area (Å²) in [5, 5.41) is 13.6. The van der Waals surface area contributed by atoms with Gasteiger partial charge in [-0.2, -0.15) is 0 Å². The van der Waals surface area contributed by atoms with Gasteiger partial charge in [0.1, 0.15) is 5.75 Å². The molecule has 0 unspecified atom stereocenters. The quantitative estimate of drug-likeness (QED) is 0.183. The number of carbonyl (C=O) groups excluding carboxylic acids is 5. The Morgan fingerprint density at radius 2 is 1.55 bits per heavy atom. The number of nitrogens with one attached hydrogen (secondary N) is 1. The summed E-state index contributed by atoms with van der Waals surface area (Å²) >= 11 is 0. The SMILES string of the molecule is CNc1ccccc1CCN(C=O)C1CCN(C(=O)O[C@H](Cc2cc(C)c(O)c(C)c2)C(=O)N2CCN(c3ccc(C(=O)OCC(=O)N(C)C)cc3)CC2)CC1. The van der Waals surface area contributed by atoms with Gasteiger partial charge in [-0.1, -0.05) is 30.3 Å². The summed E-state index contributed by atoms with van der Waals surface area (Å²) in [7, 11) is 5.06. The highest BCUT2D eigenvalue weighted by Gasteiger charge is 2.34. The van der Waals surface area contributed by atoms with Crippen LogP contribution in [0.3, 0.4) is 0 Å². The maximum Gasteiger partial charge on any atom is 0.410 e. The number of piperidine rings is 1. The Labute approximate surface area is 328 Å². The fourth-order valence-electron chi connectivity index (χ4n) is 7.22. The molecule has 2 aliphatic rings. The van der Waals surface area contributed by atoms with E-state index in [9.17, 15) is 29.1 Å². The molecule has 14 nitrogen and oxygen atoms in total. The molecule has 5 rings (SSSR count). The predicted molar refractivity (Wildman–Crippen MR) is 213 cm³/mol. The van der Waals surface area contributed by atoms with E-state index in [0.29, 0.717) is 81.8 Å². The van der Waals surface area contributed by atoms with E-state index in [2.05, 4.69) is 10.2 Å². The van der Waals surface area contributed by atoms with Gasteiger partial charge in [-0.25, -0.2) is 9.59 Å². The van der Waals surface area contributed by atoms with Crippen LogP contribution in [0, 0.1) is 13.8 Å². The Morgan fingerprint density at radius 3 is 2.16 bits per heavy atom. The second-order valence-corrected chi connectivity index (χ2v) is 14.6. The Balaban J connectivity index is 1.19. The Bertz CT molecular complexity index is 1830. The number of aryl methyl sites for hydroxylation is 2. The zero-order valence-corrected chi connectivity index (χ0v) is 33.0. The van der Waals surface area contributed by atoms with Crippen molar-refractivity contribution in [1.82, 2.24) is 19.6 Å². The number of ether oxygens (including phenoxy) is 2. The molecule has 56 heavy (non-hydrogen) atoms. The van der Waals surface area contributed by atoms with Gasteiger partial charge in [0.05, 0.1) is 5.56 Å². The second kappa shape index (κ2) is 19.2. The highest BCUT2D eigenvalue weighted by atomic mass is 16.6. The number of benzene rings is 3. The minimum absolute atomic E-state index is 0.0150. The summed E-state index contributed by atoms with van der Waals surface area (Å²) in [6, 6.07) is 18.5. The maximum absolute atomic E-state index is 14.1. The number of anilines is 2. The molecule has 2 N–H and O–H groups in total. The first kappa shape index (κ1) is 41.4. The summed E-state index contributed by atoms with van der Waals surface area (Å²) in [4.78, 5) is 72.7. The Hall–Kier alpha value is -5.79. The van der Waals surface area contributed by atoms with Crippen molar-refractivity contribution in [2.45, 2.75) is 51.7 Å². The lowest BCUT2D eigenvalue weighted by Crippen LogP contribution is -2.53. The first-order valence-electron chi connectivity index (χ1n) is 19.1. The lowest BCUT2D eigenvalue weighted by Gasteiger charge is -2.38. The lowest BCUT2D eigenvalue weighted by molar-refractivity contribution is -0.141. The van der Waals surface area contributed by atoms with Crippen molar-refractivity contribution in [3.05, 3.63) is 88.5 Å². The first-order valence-corrected chi connectivity index (χ1v) is 19.1. The molecule has 0 aliphatic carbocycles. The number of phenols is 1. The number of hydrogen-bond acceptors (Lipinski definition) is 10. The summed E-state index contributed by atoms with van der Waals surface area (Å²) < 4.78 is 11.1. The van der Waals surface area contributed by atoms with Gasteiger partial charge in [0.25, 0.3) is 11.8 Å². The van der Waals surface area contributed by atoms with E-state index in [1.165, 1.54) is 4.90 Å². The van der Waals surface area contributed by atoms with Crippen LogP contribution in [0.4, 0.5) is 16.2 Å². The van der Waals surface area contributed by atoms with Gasteiger partial charge in [-0.3, -0.25) is 14.4 Å². The fourth-order valence-corrected chi connectivity index (χ4v) is 7.22. The molecule has 2 saturated heterocycles. The third-order valence-corrected chi connectivity index (χ3v) is 10.6. The van der Waals surface area contributed by atoms with Crippen molar-refractivity contribution in [3.63, 3.8) is 0 Å². The number of amides is 4. The highest BCUT2D eigenvalue weighted by molar-refractivity contribution is 5.91. The van der Waals surface area contributed by atoms with Gasteiger partial charge >= 0.3 is 12.1 Å². The molecule has 4 amide bonds. The summed E-state index contributed by atoms with van der Waals surface area (Å²) in [5.74, 6) is -1.01. The zero-order valence-electron chi connectivity index (χ0n) is 33.0. The van der Waals surface area contributed by atoms with Gasteiger partial charge in [-0.15, -0.1) is 0 Å². The van der Waals surface area contributed by atoms with Crippen LogP contribution in [0.1, 0.15) is 45.5 Å². The minimum atomic E-state index is -1.08. The van der Waals surface area contributed by atoms with Crippen LogP contribution >= 0.6 is 0 Å². The molecule has 2 aliphatic heterocycles. The predicted octanol–water partition coefficient (Wildman–Crippen LogP) is 3.86. The summed E-state index contributed by atoms with van der Waals surface area (Å²) in [6.07, 6.45) is 1.27. The molecule has 3 aromatic rings. The van der Waals surface area contributed by atoms with Crippen molar-refractivity contribution >= 4 is 41.7 Å². The molecule has 0 radical (unpaired) electrons. The molecule has 2 fully saturated rings. The standard InChI is InChI=1S/C42H54N6O8/c1-29-24-31(25-30(2)39(29)51)26-37(56-42(54)47-18-15-35(16-19-47)48(28-49)17-14-32-8-6-7-9-36(32)43-3)40(52)46-22-20-45(21-23-46)34-12-10-33(11-13-34)41(53)55-27-38(50)44(4)5/h6-13,24-25,28,35,37,43,51H,14-23,26-27H2,1-5H3/t37-/m1/s1. The number of likely N-dealkylation sites (tertiary alicyclic amines) is 1. The Kier molecular flexibility index (Phi) is 14.2. The largest absolute Gasteiger partial charge is 0.507 e. The number of piperazine rings is 1. The maximum atomic E-state index is 14.1. The number of aromatic hydroxyl groups is 1. The topological polar surface area (TPSA) is 152 Å². The van der Waals surface area contributed by atoms with E-state index < -0.39 is 18.2 Å². The molecular weight excluding hydrogens is 716 g/mol. The van der Waals surface area contributed by atoms with E-state index in [1.54, 1.807) is 49.9 Å². The second-order valence-electron chi connectivity index (χ2n) is 14.6. The summed E-state index contributed by atoms with van der Waals surface area (Å²) in [5.41, 5.74) is 5.47. The molecule has 3 aromatic carbocycles. The molecule has 2 heterocycles. The van der Waals surface area contributed by atoms with Crippen molar-refractivity contribution in [3.8, 4) is 5.75 Å². The molecule has 1 atom stereocenters. The average molecular weight is 771 g/mol. The number of hydrogen-bond donors (Lipinski definition) is 2. The van der Waals surface area contributed by atoms with Crippen LogP contribution in [0.25, 0.3) is 0 Å². The number of phenolic OH excluding ortho intramolecular Hbond substituents is 1. The van der Waals surface area contributed by atoms with Crippen molar-refractivity contribution in [2.24, 2.45) is 0 Å². The smallest absolute Gasteiger partial charge is 0.410 e. The van der Waals surface area contributed by atoms with Crippen LogP contribution in [-0.2, 0) is 36.7 Å². The monoisotopic (exact) mass is 770 g/mol. The molecule has 0 bridgehead atoms. The third kappa shape index (κ3) is 10.5. The van der Waals surface area contributed by atoms with Gasteiger partial charge in [-0.05, 0) is 85.7 Å². The van der Waals surface area contributed by atoms with Crippen LogP contribution in [0.2, 0.25) is 0 Å². The van der Waals surface area contributed by atoms with E-state index >= 15 is 0 Å².